The molecule has 3 rings (SSSR count). The zero-order chi connectivity index (χ0) is 18.5. The molecule has 0 saturated heterocycles. The monoisotopic (exact) mass is 387 g/mol. The number of hydrogen-bond acceptors (Lipinski definition) is 4. The molecule has 132 valence electrons. The van der Waals surface area contributed by atoms with Crippen LogP contribution in [0.25, 0.3) is 0 Å². The van der Waals surface area contributed by atoms with Crippen molar-refractivity contribution in [1.82, 2.24) is 4.98 Å². The maximum atomic E-state index is 12.3. The van der Waals surface area contributed by atoms with E-state index in [2.05, 4.69) is 15.6 Å². The van der Waals surface area contributed by atoms with Gasteiger partial charge in [0.15, 0.2) is 0 Å². The number of aromatic nitrogens is 1. The number of carbonyl (C=O) groups excluding carboxylic acids is 1. The Hall–Kier alpha value is -2.76. The molecular weight excluding hydrogens is 373 g/mol. The fourth-order valence-corrected chi connectivity index (χ4v) is 2.53. The molecule has 0 aliphatic rings. The molecule has 1 amide bonds. The Morgan fingerprint density at radius 3 is 2.54 bits per heavy atom. The number of hydrogen-bond donors (Lipinski definition) is 2. The minimum Gasteiger partial charge on any atom is -0.497 e. The Balaban J connectivity index is 1.68. The van der Waals surface area contributed by atoms with Gasteiger partial charge in [-0.15, -0.1) is 0 Å². The second-order valence-corrected chi connectivity index (χ2v) is 6.19. The lowest BCUT2D eigenvalue weighted by molar-refractivity contribution is 0.102. The summed E-state index contributed by atoms with van der Waals surface area (Å²) >= 11 is 11.9. The molecule has 7 heteroatoms. The van der Waals surface area contributed by atoms with Gasteiger partial charge in [0, 0.05) is 23.6 Å². The van der Waals surface area contributed by atoms with E-state index in [1.165, 1.54) is 6.20 Å². The molecule has 0 bridgehead atoms. The summed E-state index contributed by atoms with van der Waals surface area (Å²) in [6, 6.07) is 15.7. The largest absolute Gasteiger partial charge is 0.497 e. The van der Waals surface area contributed by atoms with Gasteiger partial charge in [-0.2, -0.15) is 0 Å². The fourth-order valence-electron chi connectivity index (χ4n) is 2.23. The summed E-state index contributed by atoms with van der Waals surface area (Å²) in [6.45, 7) is 0. The van der Waals surface area contributed by atoms with Gasteiger partial charge in [-0.1, -0.05) is 29.3 Å². The van der Waals surface area contributed by atoms with E-state index in [1.54, 1.807) is 61.7 Å². The van der Waals surface area contributed by atoms with E-state index in [4.69, 9.17) is 27.9 Å². The third kappa shape index (κ3) is 4.45. The first-order chi connectivity index (χ1) is 12.5. The second kappa shape index (κ2) is 8.08. The van der Waals surface area contributed by atoms with E-state index in [1.807, 2.05) is 0 Å². The lowest BCUT2D eigenvalue weighted by Gasteiger charge is -2.09. The van der Waals surface area contributed by atoms with Crippen LogP contribution in [0.5, 0.6) is 5.75 Å². The highest BCUT2D eigenvalue weighted by atomic mass is 35.5. The van der Waals surface area contributed by atoms with Crippen molar-refractivity contribution < 1.29 is 9.53 Å². The van der Waals surface area contributed by atoms with Crippen molar-refractivity contribution in [2.75, 3.05) is 17.7 Å². The van der Waals surface area contributed by atoms with Gasteiger partial charge in [0.2, 0.25) is 0 Å². The molecule has 1 aromatic heterocycles. The average molecular weight is 388 g/mol. The van der Waals surface area contributed by atoms with Gasteiger partial charge in [-0.3, -0.25) is 4.79 Å². The fraction of sp³-hybridized carbons (Fsp3) is 0.0526. The third-order valence-corrected chi connectivity index (χ3v) is 4.28. The molecule has 26 heavy (non-hydrogen) atoms. The number of nitrogens with zero attached hydrogens (tertiary/aromatic N) is 1. The first-order valence-corrected chi connectivity index (χ1v) is 8.44. The molecule has 0 unspecified atom stereocenters. The molecule has 2 N–H and O–H groups in total. The molecule has 1 heterocycles. The number of halogens is 2. The molecule has 0 aliphatic carbocycles. The second-order valence-electron chi connectivity index (χ2n) is 5.37. The Bertz CT molecular complexity index is 930. The number of pyridine rings is 1. The number of ether oxygens (including phenoxy) is 1. The van der Waals surface area contributed by atoms with Crippen LogP contribution in [0.2, 0.25) is 10.0 Å². The molecule has 5 nitrogen and oxygen atoms in total. The van der Waals surface area contributed by atoms with Crippen molar-refractivity contribution in [2.45, 2.75) is 0 Å². The van der Waals surface area contributed by atoms with Gasteiger partial charge in [0.1, 0.15) is 11.6 Å². The third-order valence-electron chi connectivity index (χ3n) is 3.55. The Kier molecular flexibility index (Phi) is 5.61. The molecule has 0 fully saturated rings. The number of anilines is 3. The molecule has 0 spiro atoms. The van der Waals surface area contributed by atoms with E-state index in [0.717, 1.165) is 5.69 Å². The van der Waals surface area contributed by atoms with Crippen molar-refractivity contribution in [3.8, 4) is 5.75 Å². The first-order valence-electron chi connectivity index (χ1n) is 7.69. The Labute approximate surface area is 160 Å². The van der Waals surface area contributed by atoms with Crippen LogP contribution in [0.4, 0.5) is 17.2 Å². The van der Waals surface area contributed by atoms with Gasteiger partial charge in [-0.25, -0.2) is 4.98 Å². The standard InChI is InChI=1S/C19H15Cl2N3O2/c1-26-15-4-2-3-13(9-15)24-19(25)12-5-8-18(22-11-12)23-14-6-7-16(20)17(21)10-14/h2-11H,1H3,(H,22,23)(H,24,25). The van der Waals surface area contributed by atoms with Crippen LogP contribution in [0.15, 0.2) is 60.8 Å². The number of methoxy groups -OCH3 is 1. The quantitative estimate of drug-likeness (QED) is 0.615. The van der Waals surface area contributed by atoms with Crippen molar-refractivity contribution in [3.63, 3.8) is 0 Å². The Morgan fingerprint density at radius 1 is 1.00 bits per heavy atom. The van der Waals surface area contributed by atoms with Crippen LogP contribution < -0.4 is 15.4 Å². The van der Waals surface area contributed by atoms with Crippen LogP contribution in [-0.4, -0.2) is 18.0 Å². The molecule has 0 radical (unpaired) electrons. The highest BCUT2D eigenvalue weighted by Crippen LogP contribution is 2.26. The smallest absolute Gasteiger partial charge is 0.257 e. The maximum absolute atomic E-state index is 12.3. The molecule has 0 aliphatic heterocycles. The molecule has 0 saturated carbocycles. The molecule has 2 aromatic carbocycles. The topological polar surface area (TPSA) is 63.2 Å². The van der Waals surface area contributed by atoms with Crippen molar-refractivity contribution >= 4 is 46.3 Å². The highest BCUT2D eigenvalue weighted by molar-refractivity contribution is 6.42. The minimum absolute atomic E-state index is 0.258. The number of amides is 1. The SMILES string of the molecule is COc1cccc(NC(=O)c2ccc(Nc3ccc(Cl)c(Cl)c3)nc2)c1. The van der Waals surface area contributed by atoms with E-state index < -0.39 is 0 Å². The number of rotatable bonds is 5. The highest BCUT2D eigenvalue weighted by Gasteiger charge is 2.08. The molecular formula is C19H15Cl2N3O2. The van der Waals surface area contributed by atoms with Crippen LogP contribution >= 0.6 is 23.2 Å². The van der Waals surface area contributed by atoms with E-state index in [-0.39, 0.29) is 5.91 Å². The molecule has 0 atom stereocenters. The van der Waals surface area contributed by atoms with Crippen LogP contribution in [-0.2, 0) is 0 Å². The maximum Gasteiger partial charge on any atom is 0.257 e. The zero-order valence-electron chi connectivity index (χ0n) is 13.8. The molecule has 3 aromatic rings. The summed E-state index contributed by atoms with van der Waals surface area (Å²) in [6.07, 6.45) is 1.50. The summed E-state index contributed by atoms with van der Waals surface area (Å²) < 4.78 is 5.14. The number of benzene rings is 2. The lowest BCUT2D eigenvalue weighted by Crippen LogP contribution is -2.12. The van der Waals surface area contributed by atoms with Gasteiger partial charge in [-0.05, 0) is 42.5 Å². The van der Waals surface area contributed by atoms with Gasteiger partial charge >= 0.3 is 0 Å². The van der Waals surface area contributed by atoms with Gasteiger partial charge < -0.3 is 15.4 Å². The summed E-state index contributed by atoms with van der Waals surface area (Å²) in [7, 11) is 1.57. The summed E-state index contributed by atoms with van der Waals surface area (Å²) in [5.74, 6) is 0.996. The van der Waals surface area contributed by atoms with E-state index in [9.17, 15) is 4.79 Å². The van der Waals surface area contributed by atoms with Crippen molar-refractivity contribution in [1.29, 1.82) is 0 Å². The number of carbonyl (C=O) groups is 1. The van der Waals surface area contributed by atoms with Crippen LogP contribution in [0, 0.1) is 0 Å². The summed E-state index contributed by atoms with van der Waals surface area (Å²) in [4.78, 5) is 16.6. The normalized spacial score (nSPS) is 10.3. The summed E-state index contributed by atoms with van der Waals surface area (Å²) in [5, 5.41) is 6.84. The first kappa shape index (κ1) is 18.0. The van der Waals surface area contributed by atoms with Crippen LogP contribution in [0.1, 0.15) is 10.4 Å². The Morgan fingerprint density at radius 2 is 1.85 bits per heavy atom. The van der Waals surface area contributed by atoms with Gasteiger partial charge in [0.05, 0.1) is 22.7 Å². The van der Waals surface area contributed by atoms with Crippen molar-refractivity contribution in [2.24, 2.45) is 0 Å². The lowest BCUT2D eigenvalue weighted by atomic mass is 10.2. The van der Waals surface area contributed by atoms with Gasteiger partial charge in [0.25, 0.3) is 5.91 Å². The average Bonchev–Trinajstić information content (AvgIpc) is 2.65. The summed E-state index contributed by atoms with van der Waals surface area (Å²) in [5.41, 5.74) is 1.83. The minimum atomic E-state index is -0.258. The zero-order valence-corrected chi connectivity index (χ0v) is 15.3. The predicted molar refractivity (Wildman–Crippen MR) is 105 cm³/mol. The number of nitrogens with one attached hydrogen (secondary N) is 2. The van der Waals surface area contributed by atoms with Crippen molar-refractivity contribution in [3.05, 3.63) is 76.4 Å². The van der Waals surface area contributed by atoms with Crippen LogP contribution in [0.3, 0.4) is 0 Å². The van der Waals surface area contributed by atoms with E-state index >= 15 is 0 Å². The van der Waals surface area contributed by atoms with E-state index in [0.29, 0.717) is 32.9 Å². The predicted octanol–water partition coefficient (Wildman–Crippen LogP) is 5.39.